The van der Waals surface area contributed by atoms with Crippen LogP contribution in [0.5, 0.6) is 0 Å². The lowest BCUT2D eigenvalue weighted by Gasteiger charge is -2.08. The van der Waals surface area contributed by atoms with Crippen LogP contribution in [0.25, 0.3) is 0 Å². The molecule has 1 aromatic heterocycles. The van der Waals surface area contributed by atoms with E-state index in [1.165, 1.54) is 12.1 Å². The summed E-state index contributed by atoms with van der Waals surface area (Å²) >= 11 is 3.23. The number of nitrogens with zero attached hydrogens (tertiary/aromatic N) is 1. The highest BCUT2D eigenvalue weighted by Gasteiger charge is 2.11. The number of carbonyl (C=O) groups excluding carboxylic acids is 1. The number of nitrogens with one attached hydrogen (secondary N) is 2. The Morgan fingerprint density at radius 1 is 1.33 bits per heavy atom. The Morgan fingerprint density at radius 3 is 2.81 bits per heavy atom. The van der Waals surface area contributed by atoms with Gasteiger partial charge in [-0.2, -0.15) is 0 Å². The maximum absolute atomic E-state index is 13.6. The molecule has 1 heterocycles. The average Bonchev–Trinajstić information content (AvgIpc) is 2.49. The Kier molecular flexibility index (Phi) is 5.27. The summed E-state index contributed by atoms with van der Waals surface area (Å²) in [5, 5.41) is 5.67. The van der Waals surface area contributed by atoms with Crippen molar-refractivity contribution in [3.63, 3.8) is 0 Å². The summed E-state index contributed by atoms with van der Waals surface area (Å²) in [5.74, 6) is -0.943. The van der Waals surface area contributed by atoms with Crippen molar-refractivity contribution in [1.29, 1.82) is 0 Å². The molecule has 0 atom stereocenters. The number of rotatable bonds is 5. The van der Waals surface area contributed by atoms with Crippen molar-refractivity contribution >= 4 is 33.2 Å². The molecule has 21 heavy (non-hydrogen) atoms. The van der Waals surface area contributed by atoms with E-state index in [2.05, 4.69) is 38.5 Å². The van der Waals surface area contributed by atoms with E-state index in [1.807, 2.05) is 0 Å². The highest BCUT2D eigenvalue weighted by atomic mass is 79.9. The fourth-order valence-electron chi connectivity index (χ4n) is 1.68. The molecule has 110 valence electrons. The number of carbonyl (C=O) groups is 1. The number of amides is 1. The number of hydrogen-bond donors (Lipinski definition) is 2. The van der Waals surface area contributed by atoms with Crippen molar-refractivity contribution in [1.82, 2.24) is 4.98 Å². The van der Waals surface area contributed by atoms with Crippen LogP contribution in [0.15, 0.2) is 41.0 Å². The number of hydrogen-bond acceptors (Lipinski definition) is 3. The van der Waals surface area contributed by atoms with Crippen LogP contribution in [0.3, 0.4) is 0 Å². The molecule has 4 nitrogen and oxygen atoms in total. The fourth-order valence-corrected chi connectivity index (χ4v) is 2.04. The van der Waals surface area contributed by atoms with Gasteiger partial charge in [-0.1, -0.05) is 22.9 Å². The zero-order valence-corrected chi connectivity index (χ0v) is 13.1. The minimum Gasteiger partial charge on any atom is -0.384 e. The van der Waals surface area contributed by atoms with E-state index >= 15 is 0 Å². The summed E-state index contributed by atoms with van der Waals surface area (Å²) in [5.41, 5.74) is 1.20. The minimum atomic E-state index is -0.493. The first-order chi connectivity index (χ1) is 10.1. The molecule has 0 unspecified atom stereocenters. The second-order valence-corrected chi connectivity index (χ2v) is 5.35. The van der Waals surface area contributed by atoms with Crippen LogP contribution in [0, 0.1) is 5.82 Å². The average molecular weight is 352 g/mol. The lowest BCUT2D eigenvalue weighted by atomic mass is 10.2. The summed E-state index contributed by atoms with van der Waals surface area (Å²) in [6.07, 6.45) is 2.59. The molecule has 6 heteroatoms. The van der Waals surface area contributed by atoms with Crippen LogP contribution < -0.4 is 10.6 Å². The van der Waals surface area contributed by atoms with Crippen molar-refractivity contribution in [3.8, 4) is 0 Å². The van der Waals surface area contributed by atoms with E-state index in [4.69, 9.17) is 0 Å². The Morgan fingerprint density at radius 2 is 2.14 bits per heavy atom. The van der Waals surface area contributed by atoms with Crippen LogP contribution in [-0.4, -0.2) is 17.4 Å². The molecule has 2 rings (SSSR count). The summed E-state index contributed by atoms with van der Waals surface area (Å²) < 4.78 is 14.3. The number of anilines is 2. The topological polar surface area (TPSA) is 54.0 Å². The van der Waals surface area contributed by atoms with Crippen molar-refractivity contribution < 1.29 is 9.18 Å². The van der Waals surface area contributed by atoms with Gasteiger partial charge in [0.15, 0.2) is 0 Å². The normalized spacial score (nSPS) is 10.2. The number of benzene rings is 1. The van der Waals surface area contributed by atoms with Gasteiger partial charge in [0.2, 0.25) is 0 Å². The third-order valence-electron chi connectivity index (χ3n) is 2.75. The van der Waals surface area contributed by atoms with Crippen LogP contribution in [0.1, 0.15) is 23.8 Å². The second kappa shape index (κ2) is 7.17. The molecular weight excluding hydrogens is 337 g/mol. The maximum atomic E-state index is 13.6. The van der Waals surface area contributed by atoms with Gasteiger partial charge in [0.25, 0.3) is 5.91 Å². The predicted octanol–water partition coefficient (Wildman–Crippen LogP) is 4.06. The molecule has 0 bridgehead atoms. The van der Waals surface area contributed by atoms with Crippen LogP contribution in [0.2, 0.25) is 0 Å². The molecule has 0 aliphatic carbocycles. The Bertz CT molecular complexity index is 631. The number of halogens is 2. The van der Waals surface area contributed by atoms with Gasteiger partial charge in [0.1, 0.15) is 11.5 Å². The van der Waals surface area contributed by atoms with Crippen molar-refractivity contribution in [2.75, 3.05) is 17.2 Å². The van der Waals surface area contributed by atoms with Gasteiger partial charge in [0.05, 0.1) is 17.6 Å². The third-order valence-corrected chi connectivity index (χ3v) is 3.25. The van der Waals surface area contributed by atoms with Crippen LogP contribution in [-0.2, 0) is 0 Å². The molecule has 0 saturated heterocycles. The molecule has 0 fully saturated rings. The molecule has 0 aliphatic heterocycles. The van der Waals surface area contributed by atoms with Gasteiger partial charge in [-0.25, -0.2) is 9.37 Å². The quantitative estimate of drug-likeness (QED) is 0.853. The number of aromatic nitrogens is 1. The maximum Gasteiger partial charge on any atom is 0.274 e. The van der Waals surface area contributed by atoms with E-state index in [-0.39, 0.29) is 11.4 Å². The van der Waals surface area contributed by atoms with Gasteiger partial charge < -0.3 is 10.6 Å². The Labute approximate surface area is 130 Å². The standard InChI is InChI=1S/C15H15BrFN3O/c1-2-7-18-11-4-6-13(19-9-11)15(21)20-14-8-10(16)3-5-12(14)17/h3-6,8-9,18H,2,7H2,1H3,(H,20,21). The van der Waals surface area contributed by atoms with Gasteiger partial charge in [-0.3, -0.25) is 4.79 Å². The molecule has 0 saturated carbocycles. The molecule has 2 N–H and O–H groups in total. The Balaban J connectivity index is 2.07. The SMILES string of the molecule is CCCNc1ccc(C(=O)Nc2cc(Br)ccc2F)nc1. The molecule has 1 amide bonds. The van der Waals surface area contributed by atoms with Crippen LogP contribution >= 0.6 is 15.9 Å². The molecule has 2 aromatic rings. The monoisotopic (exact) mass is 351 g/mol. The molecule has 1 aromatic carbocycles. The zero-order chi connectivity index (χ0) is 15.2. The first-order valence-corrected chi connectivity index (χ1v) is 7.35. The lowest BCUT2D eigenvalue weighted by molar-refractivity contribution is 0.102. The highest BCUT2D eigenvalue weighted by molar-refractivity contribution is 9.10. The van der Waals surface area contributed by atoms with E-state index in [0.717, 1.165) is 18.7 Å². The zero-order valence-electron chi connectivity index (χ0n) is 11.5. The lowest BCUT2D eigenvalue weighted by Crippen LogP contribution is -2.14. The van der Waals surface area contributed by atoms with Gasteiger partial charge in [-0.15, -0.1) is 0 Å². The second-order valence-electron chi connectivity index (χ2n) is 4.44. The summed E-state index contributed by atoms with van der Waals surface area (Å²) in [6, 6.07) is 7.73. The smallest absolute Gasteiger partial charge is 0.274 e. The summed E-state index contributed by atoms with van der Waals surface area (Å²) in [4.78, 5) is 16.1. The van der Waals surface area contributed by atoms with E-state index < -0.39 is 11.7 Å². The fraction of sp³-hybridized carbons (Fsp3) is 0.200. The van der Waals surface area contributed by atoms with E-state index in [9.17, 15) is 9.18 Å². The van der Waals surface area contributed by atoms with Crippen molar-refractivity contribution in [2.45, 2.75) is 13.3 Å². The first-order valence-electron chi connectivity index (χ1n) is 6.56. The largest absolute Gasteiger partial charge is 0.384 e. The third kappa shape index (κ3) is 4.26. The van der Waals surface area contributed by atoms with E-state index in [1.54, 1.807) is 24.4 Å². The van der Waals surface area contributed by atoms with E-state index in [0.29, 0.717) is 4.47 Å². The Hall–Kier alpha value is -1.95. The molecule has 0 spiro atoms. The van der Waals surface area contributed by atoms with Gasteiger partial charge >= 0.3 is 0 Å². The van der Waals surface area contributed by atoms with Crippen LogP contribution in [0.4, 0.5) is 15.8 Å². The van der Waals surface area contributed by atoms with Crippen molar-refractivity contribution in [3.05, 3.63) is 52.5 Å². The molecular formula is C15H15BrFN3O. The summed E-state index contributed by atoms with van der Waals surface area (Å²) in [6.45, 7) is 2.91. The molecule has 0 aliphatic rings. The molecule has 0 radical (unpaired) electrons. The van der Waals surface area contributed by atoms with Gasteiger partial charge in [-0.05, 0) is 36.8 Å². The minimum absolute atomic E-state index is 0.115. The predicted molar refractivity (Wildman–Crippen MR) is 85.1 cm³/mol. The van der Waals surface area contributed by atoms with Crippen molar-refractivity contribution in [2.24, 2.45) is 0 Å². The summed E-state index contributed by atoms with van der Waals surface area (Å²) in [7, 11) is 0. The highest BCUT2D eigenvalue weighted by Crippen LogP contribution is 2.20. The van der Waals surface area contributed by atoms with Gasteiger partial charge in [0, 0.05) is 11.0 Å². The first kappa shape index (κ1) is 15.4. The number of pyridine rings is 1.